The standard InChI is InChI=1S/C22H10F4N2/c23-17-15-12-8-4-5-9-13(12)21-22(16(15)18(24)20(26)19(17)25)28-14(10-27-21)11-6-2-1-3-7-11/h1-10H. The Morgan fingerprint density at radius 3 is 1.89 bits per heavy atom. The number of fused-ring (bicyclic) bond motifs is 6. The summed E-state index contributed by atoms with van der Waals surface area (Å²) in [5.74, 6) is -6.64. The summed E-state index contributed by atoms with van der Waals surface area (Å²) in [7, 11) is 0. The van der Waals surface area contributed by atoms with Gasteiger partial charge in [0.1, 0.15) is 5.52 Å². The van der Waals surface area contributed by atoms with Gasteiger partial charge in [0, 0.05) is 16.3 Å². The summed E-state index contributed by atoms with van der Waals surface area (Å²) in [6.45, 7) is 0. The quantitative estimate of drug-likeness (QED) is 0.151. The molecule has 5 aromatic rings. The van der Waals surface area contributed by atoms with E-state index in [2.05, 4.69) is 9.97 Å². The molecule has 0 atom stereocenters. The molecule has 0 saturated carbocycles. The van der Waals surface area contributed by atoms with Crippen molar-refractivity contribution in [3.8, 4) is 11.3 Å². The Hall–Kier alpha value is -3.54. The van der Waals surface area contributed by atoms with Crippen molar-refractivity contribution in [2.45, 2.75) is 0 Å². The van der Waals surface area contributed by atoms with E-state index in [1.165, 1.54) is 12.3 Å². The molecule has 6 heteroatoms. The number of halogens is 4. The maximum absolute atomic E-state index is 14.8. The van der Waals surface area contributed by atoms with Crippen LogP contribution < -0.4 is 0 Å². The predicted octanol–water partition coefficient (Wildman–Crippen LogP) is 6.16. The van der Waals surface area contributed by atoms with Crippen molar-refractivity contribution < 1.29 is 17.6 Å². The van der Waals surface area contributed by atoms with Gasteiger partial charge in [-0.3, -0.25) is 4.98 Å². The van der Waals surface area contributed by atoms with Gasteiger partial charge in [-0.1, -0.05) is 54.6 Å². The normalized spacial score (nSPS) is 11.6. The molecule has 136 valence electrons. The smallest absolute Gasteiger partial charge is 0.198 e. The molecule has 0 spiro atoms. The number of aromatic nitrogens is 2. The van der Waals surface area contributed by atoms with Crippen molar-refractivity contribution in [2.24, 2.45) is 0 Å². The zero-order chi connectivity index (χ0) is 19.4. The molecular formula is C22H10F4N2. The van der Waals surface area contributed by atoms with Gasteiger partial charge in [0.15, 0.2) is 23.3 Å². The lowest BCUT2D eigenvalue weighted by molar-refractivity contribution is 0.418. The molecule has 0 aliphatic carbocycles. The molecule has 5 rings (SSSR count). The minimum atomic E-state index is -1.87. The summed E-state index contributed by atoms with van der Waals surface area (Å²) in [5, 5.41) is -0.0575. The third kappa shape index (κ3) is 2.21. The number of hydrogen-bond acceptors (Lipinski definition) is 2. The molecule has 4 aromatic carbocycles. The van der Waals surface area contributed by atoms with E-state index in [0.29, 0.717) is 16.6 Å². The van der Waals surface area contributed by atoms with Gasteiger partial charge in [0.05, 0.1) is 22.8 Å². The Morgan fingerprint density at radius 2 is 1.18 bits per heavy atom. The minimum absolute atomic E-state index is 0.0228. The molecule has 0 aliphatic rings. The average molecular weight is 378 g/mol. The summed E-state index contributed by atoms with van der Waals surface area (Å²) in [5.41, 5.74) is 1.38. The van der Waals surface area contributed by atoms with E-state index in [1.807, 2.05) is 6.07 Å². The summed E-state index contributed by atoms with van der Waals surface area (Å²) < 4.78 is 57.5. The summed E-state index contributed by atoms with van der Waals surface area (Å²) in [6, 6.07) is 15.5. The molecule has 28 heavy (non-hydrogen) atoms. The van der Waals surface area contributed by atoms with Crippen molar-refractivity contribution in [3.05, 3.63) is 84.1 Å². The average Bonchev–Trinajstić information content (AvgIpc) is 2.75. The van der Waals surface area contributed by atoms with Gasteiger partial charge in [-0.2, -0.15) is 0 Å². The lowest BCUT2D eigenvalue weighted by atomic mass is 9.98. The van der Waals surface area contributed by atoms with Crippen LogP contribution in [0.3, 0.4) is 0 Å². The SMILES string of the molecule is Fc1c(F)c(F)c2c3nc(-c4ccccc4)cnc3c3ccccc3c2c1F. The molecule has 0 unspecified atom stereocenters. The number of rotatable bonds is 1. The van der Waals surface area contributed by atoms with Crippen LogP contribution in [-0.2, 0) is 0 Å². The van der Waals surface area contributed by atoms with E-state index >= 15 is 0 Å². The van der Waals surface area contributed by atoms with Crippen LogP contribution in [0.5, 0.6) is 0 Å². The van der Waals surface area contributed by atoms with E-state index < -0.39 is 28.7 Å². The molecule has 1 aromatic heterocycles. The molecule has 0 N–H and O–H groups in total. The zero-order valence-electron chi connectivity index (χ0n) is 14.2. The topological polar surface area (TPSA) is 25.8 Å². The summed E-state index contributed by atoms with van der Waals surface area (Å²) in [4.78, 5) is 8.83. The monoisotopic (exact) mass is 378 g/mol. The third-order valence-electron chi connectivity index (χ3n) is 4.80. The molecule has 0 fully saturated rings. The van der Waals surface area contributed by atoms with Crippen molar-refractivity contribution in [1.82, 2.24) is 9.97 Å². The van der Waals surface area contributed by atoms with Gasteiger partial charge in [-0.05, 0) is 5.39 Å². The van der Waals surface area contributed by atoms with Crippen molar-refractivity contribution in [3.63, 3.8) is 0 Å². The second kappa shape index (κ2) is 5.99. The van der Waals surface area contributed by atoms with Gasteiger partial charge >= 0.3 is 0 Å². The highest BCUT2D eigenvalue weighted by atomic mass is 19.2. The summed E-state index contributed by atoms with van der Waals surface area (Å²) >= 11 is 0. The molecule has 0 bridgehead atoms. The van der Waals surface area contributed by atoms with Crippen LogP contribution in [0, 0.1) is 23.3 Å². The second-order valence-corrected chi connectivity index (χ2v) is 6.37. The highest BCUT2D eigenvalue weighted by Gasteiger charge is 2.25. The highest BCUT2D eigenvalue weighted by Crippen LogP contribution is 2.38. The zero-order valence-corrected chi connectivity index (χ0v) is 14.2. The molecule has 0 radical (unpaired) electrons. The van der Waals surface area contributed by atoms with Crippen LogP contribution in [0.15, 0.2) is 60.8 Å². The Labute approximate surface area is 156 Å². The Morgan fingerprint density at radius 1 is 0.571 bits per heavy atom. The fraction of sp³-hybridized carbons (Fsp3) is 0. The first-order valence-electron chi connectivity index (χ1n) is 8.46. The van der Waals surface area contributed by atoms with Gasteiger partial charge < -0.3 is 0 Å². The van der Waals surface area contributed by atoms with Gasteiger partial charge in [0.2, 0.25) is 0 Å². The molecule has 0 amide bonds. The van der Waals surface area contributed by atoms with Gasteiger partial charge in [-0.25, -0.2) is 22.5 Å². The molecular weight excluding hydrogens is 368 g/mol. The van der Waals surface area contributed by atoms with E-state index in [4.69, 9.17) is 0 Å². The first kappa shape index (κ1) is 16.6. The van der Waals surface area contributed by atoms with E-state index in [9.17, 15) is 17.6 Å². The second-order valence-electron chi connectivity index (χ2n) is 6.37. The first-order valence-corrected chi connectivity index (χ1v) is 8.46. The van der Waals surface area contributed by atoms with Crippen LogP contribution >= 0.6 is 0 Å². The molecule has 0 saturated heterocycles. The predicted molar refractivity (Wildman–Crippen MR) is 99.8 cm³/mol. The fourth-order valence-corrected chi connectivity index (χ4v) is 3.52. The van der Waals surface area contributed by atoms with Crippen molar-refractivity contribution in [1.29, 1.82) is 0 Å². The van der Waals surface area contributed by atoms with E-state index in [-0.39, 0.29) is 21.8 Å². The fourth-order valence-electron chi connectivity index (χ4n) is 3.52. The van der Waals surface area contributed by atoms with Crippen molar-refractivity contribution >= 4 is 32.6 Å². The first-order chi connectivity index (χ1) is 13.6. The lowest BCUT2D eigenvalue weighted by Crippen LogP contribution is -2.01. The van der Waals surface area contributed by atoms with Crippen LogP contribution in [-0.4, -0.2) is 9.97 Å². The van der Waals surface area contributed by atoms with E-state index in [1.54, 1.807) is 42.5 Å². The Kier molecular flexibility index (Phi) is 3.55. The molecule has 1 heterocycles. The Balaban J connectivity index is 2.06. The summed E-state index contributed by atoms with van der Waals surface area (Å²) in [6.07, 6.45) is 1.52. The minimum Gasteiger partial charge on any atom is -0.252 e. The van der Waals surface area contributed by atoms with Crippen LogP contribution in [0.4, 0.5) is 17.6 Å². The number of nitrogens with zero attached hydrogens (tertiary/aromatic N) is 2. The molecule has 2 nitrogen and oxygen atoms in total. The lowest BCUT2D eigenvalue weighted by Gasteiger charge is -2.12. The largest absolute Gasteiger partial charge is 0.252 e. The van der Waals surface area contributed by atoms with Gasteiger partial charge in [-0.15, -0.1) is 0 Å². The maximum atomic E-state index is 14.8. The maximum Gasteiger partial charge on any atom is 0.198 e. The van der Waals surface area contributed by atoms with Crippen molar-refractivity contribution in [2.75, 3.05) is 0 Å². The Bertz CT molecular complexity index is 1400. The van der Waals surface area contributed by atoms with Crippen LogP contribution in [0.25, 0.3) is 43.8 Å². The molecule has 0 aliphatic heterocycles. The van der Waals surface area contributed by atoms with E-state index in [0.717, 1.165) is 0 Å². The number of benzene rings is 4. The van der Waals surface area contributed by atoms with Gasteiger partial charge in [0.25, 0.3) is 0 Å². The third-order valence-corrected chi connectivity index (χ3v) is 4.80. The highest BCUT2D eigenvalue weighted by molar-refractivity contribution is 6.23. The number of hydrogen-bond donors (Lipinski definition) is 0. The van der Waals surface area contributed by atoms with Crippen LogP contribution in [0.2, 0.25) is 0 Å². The van der Waals surface area contributed by atoms with Crippen LogP contribution in [0.1, 0.15) is 0 Å².